The lowest BCUT2D eigenvalue weighted by Crippen LogP contribution is -2.14. The van der Waals surface area contributed by atoms with Gasteiger partial charge in [-0.05, 0) is 123 Å². The van der Waals surface area contributed by atoms with Gasteiger partial charge in [0.05, 0.1) is 22.1 Å². The Morgan fingerprint density at radius 2 is 0.814 bits per heavy atom. The molecule has 0 N–H and O–H groups in total. The van der Waals surface area contributed by atoms with Crippen LogP contribution >= 0.6 is 0 Å². The number of aromatic nitrogens is 2. The van der Waals surface area contributed by atoms with Crippen molar-refractivity contribution >= 4 is 43.6 Å². The first-order valence-corrected chi connectivity index (χ1v) is 20.6. The molecule has 0 atom stereocenters. The van der Waals surface area contributed by atoms with E-state index in [1.54, 1.807) is 0 Å². The fourth-order valence-corrected chi connectivity index (χ4v) is 10.1. The highest BCUT2D eigenvalue weighted by Crippen LogP contribution is 2.51. The van der Waals surface area contributed by atoms with E-state index in [1.165, 1.54) is 105 Å². The fourth-order valence-electron chi connectivity index (χ4n) is 10.1. The monoisotopic (exact) mass is 752 g/mol. The van der Waals surface area contributed by atoms with Gasteiger partial charge in [0.15, 0.2) is 0 Å². The third kappa shape index (κ3) is 5.06. The van der Waals surface area contributed by atoms with E-state index in [0.717, 1.165) is 5.69 Å². The zero-order valence-corrected chi connectivity index (χ0v) is 33.0. The van der Waals surface area contributed by atoms with Gasteiger partial charge in [-0.15, -0.1) is 0 Å². The Morgan fingerprint density at radius 1 is 0.305 bits per heavy atom. The molecule has 0 amide bonds. The van der Waals surface area contributed by atoms with Crippen molar-refractivity contribution in [2.24, 2.45) is 0 Å². The van der Waals surface area contributed by atoms with E-state index >= 15 is 0 Å². The normalized spacial score (nSPS) is 13.1. The van der Waals surface area contributed by atoms with Crippen LogP contribution in [-0.4, -0.2) is 9.13 Å². The lowest BCUT2D eigenvalue weighted by Gasteiger charge is -2.21. The van der Waals surface area contributed by atoms with Crippen LogP contribution in [0.25, 0.3) is 99.5 Å². The summed E-state index contributed by atoms with van der Waals surface area (Å²) in [5.41, 5.74) is 19.8. The molecule has 0 unspecified atom stereocenters. The summed E-state index contributed by atoms with van der Waals surface area (Å²) in [6.45, 7) is 4.74. The molecule has 0 saturated heterocycles. The molecule has 2 nitrogen and oxygen atoms in total. The average Bonchev–Trinajstić information content (AvgIpc) is 3.88. The smallest absolute Gasteiger partial charge is 0.0619 e. The van der Waals surface area contributed by atoms with Gasteiger partial charge in [-0.1, -0.05) is 147 Å². The predicted molar refractivity (Wildman–Crippen MR) is 249 cm³/mol. The van der Waals surface area contributed by atoms with Gasteiger partial charge in [0.1, 0.15) is 0 Å². The van der Waals surface area contributed by atoms with E-state index in [9.17, 15) is 0 Å². The predicted octanol–water partition coefficient (Wildman–Crippen LogP) is 15.2. The average molecular weight is 753 g/mol. The zero-order valence-electron chi connectivity index (χ0n) is 33.0. The van der Waals surface area contributed by atoms with Crippen LogP contribution in [0.4, 0.5) is 0 Å². The Morgan fingerprint density at radius 3 is 1.47 bits per heavy atom. The third-order valence-corrected chi connectivity index (χ3v) is 12.9. The van der Waals surface area contributed by atoms with Crippen LogP contribution in [0.2, 0.25) is 0 Å². The Kier molecular flexibility index (Phi) is 7.31. The molecule has 11 aromatic rings. The lowest BCUT2D eigenvalue weighted by molar-refractivity contribution is 0.661. The molecule has 0 fully saturated rings. The minimum absolute atomic E-state index is 0.0850. The SMILES string of the molecule is CC1(C)c2ccccc2-c2cc3c4cc(-c5ccc6c(c5)c5cc(-c7ccccc7)cc(-c7ccccc7)c5n6-c5ccccc5)ccc4n(-c4ccccc4)c3cc21. The van der Waals surface area contributed by atoms with Crippen molar-refractivity contribution in [3.8, 4) is 55.9 Å². The third-order valence-electron chi connectivity index (χ3n) is 12.9. The first-order chi connectivity index (χ1) is 29.0. The van der Waals surface area contributed by atoms with Crippen molar-refractivity contribution < 1.29 is 0 Å². The van der Waals surface area contributed by atoms with Gasteiger partial charge in [0.2, 0.25) is 0 Å². The fraction of sp³-hybridized carbons (Fsp3) is 0.0526. The molecule has 2 aromatic heterocycles. The summed E-state index contributed by atoms with van der Waals surface area (Å²) in [6.07, 6.45) is 0. The number of rotatable bonds is 5. The van der Waals surface area contributed by atoms with Gasteiger partial charge >= 0.3 is 0 Å². The molecule has 1 aliphatic rings. The maximum Gasteiger partial charge on any atom is 0.0619 e. The number of fused-ring (bicyclic) bond motifs is 9. The zero-order chi connectivity index (χ0) is 39.2. The van der Waals surface area contributed by atoms with Gasteiger partial charge in [-0.25, -0.2) is 0 Å². The van der Waals surface area contributed by atoms with Crippen LogP contribution in [0.1, 0.15) is 25.0 Å². The second-order valence-corrected chi connectivity index (χ2v) is 16.5. The molecule has 59 heavy (non-hydrogen) atoms. The second kappa shape index (κ2) is 12.8. The Labute approximate surface area is 343 Å². The van der Waals surface area contributed by atoms with Gasteiger partial charge in [-0.2, -0.15) is 0 Å². The van der Waals surface area contributed by atoms with E-state index in [2.05, 4.69) is 229 Å². The molecule has 1 aliphatic carbocycles. The molecule has 0 saturated carbocycles. The van der Waals surface area contributed by atoms with Gasteiger partial charge < -0.3 is 9.13 Å². The van der Waals surface area contributed by atoms with Crippen molar-refractivity contribution in [2.45, 2.75) is 19.3 Å². The summed E-state index contributed by atoms with van der Waals surface area (Å²) in [6, 6.07) is 76.1. The number of para-hydroxylation sites is 2. The van der Waals surface area contributed by atoms with Gasteiger partial charge in [-0.3, -0.25) is 0 Å². The van der Waals surface area contributed by atoms with Crippen molar-refractivity contribution in [3.63, 3.8) is 0 Å². The number of hydrogen-bond acceptors (Lipinski definition) is 0. The number of nitrogens with zero attached hydrogens (tertiary/aromatic N) is 2. The molecule has 2 heterocycles. The van der Waals surface area contributed by atoms with Crippen LogP contribution in [0, 0.1) is 0 Å². The molecular weight excluding hydrogens is 713 g/mol. The number of benzene rings is 9. The van der Waals surface area contributed by atoms with Crippen molar-refractivity contribution in [1.82, 2.24) is 9.13 Å². The van der Waals surface area contributed by atoms with E-state index in [4.69, 9.17) is 0 Å². The first-order valence-electron chi connectivity index (χ1n) is 20.6. The molecular formula is C57H40N2. The van der Waals surface area contributed by atoms with Crippen LogP contribution in [0.5, 0.6) is 0 Å². The maximum atomic E-state index is 2.47. The minimum Gasteiger partial charge on any atom is -0.309 e. The highest BCUT2D eigenvalue weighted by molar-refractivity contribution is 6.17. The highest BCUT2D eigenvalue weighted by atomic mass is 15.0. The highest BCUT2D eigenvalue weighted by Gasteiger charge is 2.36. The minimum atomic E-state index is -0.0850. The molecule has 9 aromatic carbocycles. The molecule has 0 aliphatic heterocycles. The van der Waals surface area contributed by atoms with Crippen molar-refractivity contribution in [3.05, 3.63) is 217 Å². The Bertz CT molecular complexity index is 3420. The lowest BCUT2D eigenvalue weighted by atomic mass is 9.82. The van der Waals surface area contributed by atoms with Gasteiger partial charge in [0.25, 0.3) is 0 Å². The summed E-state index contributed by atoms with van der Waals surface area (Å²) in [5, 5.41) is 5.01. The van der Waals surface area contributed by atoms with E-state index < -0.39 is 0 Å². The van der Waals surface area contributed by atoms with Gasteiger partial charge in [0, 0.05) is 43.9 Å². The van der Waals surface area contributed by atoms with Crippen LogP contribution in [0.3, 0.4) is 0 Å². The summed E-state index contributed by atoms with van der Waals surface area (Å²) in [5.74, 6) is 0. The standard InChI is InChI=1S/C57H40N2/c1-57(2)51-26-16-15-25-44(51)46-35-49-47-31-39(27-29-53(47)58(55(49)36-52(46)57)42-21-11-5-12-22-42)40-28-30-54-48(32-40)50-34-41(37-17-7-3-8-18-37)33-45(38-19-9-4-10-20-38)56(50)59(54)43-23-13-6-14-24-43/h3-36H,1-2H3. The summed E-state index contributed by atoms with van der Waals surface area (Å²) in [4.78, 5) is 0. The topological polar surface area (TPSA) is 9.86 Å². The molecule has 278 valence electrons. The molecule has 2 heteroatoms. The van der Waals surface area contributed by atoms with E-state index in [1.807, 2.05) is 0 Å². The quantitative estimate of drug-likeness (QED) is 0.166. The summed E-state index contributed by atoms with van der Waals surface area (Å²) >= 11 is 0. The van der Waals surface area contributed by atoms with Crippen molar-refractivity contribution in [1.29, 1.82) is 0 Å². The second-order valence-electron chi connectivity index (χ2n) is 16.5. The first kappa shape index (κ1) is 33.7. The summed E-state index contributed by atoms with van der Waals surface area (Å²) in [7, 11) is 0. The summed E-state index contributed by atoms with van der Waals surface area (Å²) < 4.78 is 4.92. The molecule has 12 rings (SSSR count). The Hall–Kier alpha value is -7.42. The number of hydrogen-bond donors (Lipinski definition) is 0. The van der Waals surface area contributed by atoms with E-state index in [-0.39, 0.29) is 5.41 Å². The molecule has 0 bridgehead atoms. The van der Waals surface area contributed by atoms with Crippen molar-refractivity contribution in [2.75, 3.05) is 0 Å². The van der Waals surface area contributed by atoms with Crippen LogP contribution in [0.15, 0.2) is 206 Å². The molecule has 0 radical (unpaired) electrons. The van der Waals surface area contributed by atoms with Crippen LogP contribution < -0.4 is 0 Å². The largest absolute Gasteiger partial charge is 0.309 e. The maximum absolute atomic E-state index is 2.47. The molecule has 0 spiro atoms. The van der Waals surface area contributed by atoms with E-state index in [0.29, 0.717) is 0 Å². The van der Waals surface area contributed by atoms with Crippen LogP contribution in [-0.2, 0) is 5.41 Å². The Balaban J connectivity index is 1.13.